The second kappa shape index (κ2) is 12.1. The Morgan fingerprint density at radius 3 is 2.70 bits per heavy atom. The van der Waals surface area contributed by atoms with Crippen LogP contribution in [0.2, 0.25) is 5.02 Å². The summed E-state index contributed by atoms with van der Waals surface area (Å²) < 4.78 is 23.9. The maximum Gasteiger partial charge on any atom is 0.190 e. The Morgan fingerprint density at radius 2 is 2.00 bits per heavy atom. The number of aliphatic imine (C=N–C) groups is 1. The Balaban J connectivity index is 2.19. The molecule has 0 aliphatic carbocycles. The van der Waals surface area contributed by atoms with E-state index in [0.29, 0.717) is 49.3 Å². The number of halogens is 2. The molecule has 1 rings (SSSR count). The van der Waals surface area contributed by atoms with Gasteiger partial charge in [0, 0.05) is 44.4 Å². The monoisotopic (exact) mass is 345 g/mol. The van der Waals surface area contributed by atoms with E-state index >= 15 is 0 Å². The number of ether oxygens (including phenoxy) is 2. The van der Waals surface area contributed by atoms with Crippen molar-refractivity contribution in [2.75, 3.05) is 47.1 Å². The minimum atomic E-state index is -0.282. The summed E-state index contributed by atoms with van der Waals surface area (Å²) in [5, 5.41) is 6.76. The number of hydrogen-bond donors (Lipinski definition) is 2. The topological polar surface area (TPSA) is 54.9 Å². The van der Waals surface area contributed by atoms with Gasteiger partial charge in [0.05, 0.1) is 13.2 Å². The number of methoxy groups -OCH3 is 1. The number of rotatable bonds is 10. The lowest BCUT2D eigenvalue weighted by Gasteiger charge is -2.12. The quantitative estimate of drug-likeness (QED) is 0.388. The third-order valence-electron chi connectivity index (χ3n) is 3.14. The predicted octanol–water partition coefficient (Wildman–Crippen LogP) is 2.24. The van der Waals surface area contributed by atoms with Crippen molar-refractivity contribution in [2.45, 2.75) is 12.8 Å². The summed E-state index contributed by atoms with van der Waals surface area (Å²) in [5.41, 5.74) is 0.517. The first-order valence-electron chi connectivity index (χ1n) is 7.63. The van der Waals surface area contributed by atoms with E-state index in [-0.39, 0.29) is 5.82 Å². The molecule has 130 valence electrons. The normalized spacial score (nSPS) is 11.6. The number of hydrogen-bond acceptors (Lipinski definition) is 3. The molecule has 0 saturated carbocycles. The van der Waals surface area contributed by atoms with Crippen LogP contribution in [0.1, 0.15) is 12.0 Å². The first-order valence-corrected chi connectivity index (χ1v) is 8.01. The molecule has 0 heterocycles. The molecule has 0 atom stereocenters. The lowest BCUT2D eigenvalue weighted by molar-refractivity contribution is 0.0698. The molecule has 1 aromatic carbocycles. The van der Waals surface area contributed by atoms with Gasteiger partial charge in [-0.05, 0) is 25.0 Å². The predicted molar refractivity (Wildman–Crippen MR) is 91.8 cm³/mol. The Labute approximate surface area is 142 Å². The maximum atomic E-state index is 13.7. The van der Waals surface area contributed by atoms with Crippen molar-refractivity contribution in [2.24, 2.45) is 4.99 Å². The van der Waals surface area contributed by atoms with Crippen molar-refractivity contribution in [3.63, 3.8) is 0 Å². The zero-order valence-electron chi connectivity index (χ0n) is 13.7. The van der Waals surface area contributed by atoms with Crippen molar-refractivity contribution < 1.29 is 13.9 Å². The molecule has 0 aromatic heterocycles. The Morgan fingerprint density at radius 1 is 1.22 bits per heavy atom. The number of benzene rings is 1. The highest BCUT2D eigenvalue weighted by Gasteiger charge is 2.06. The molecule has 0 aliphatic heterocycles. The lowest BCUT2D eigenvalue weighted by atomic mass is 10.1. The van der Waals surface area contributed by atoms with Crippen LogP contribution in [0.3, 0.4) is 0 Å². The third kappa shape index (κ3) is 8.16. The van der Waals surface area contributed by atoms with Crippen LogP contribution in [0.15, 0.2) is 23.2 Å². The summed E-state index contributed by atoms with van der Waals surface area (Å²) in [6.07, 6.45) is 1.36. The minimum absolute atomic E-state index is 0.282. The smallest absolute Gasteiger partial charge is 0.190 e. The van der Waals surface area contributed by atoms with Crippen LogP contribution in [0, 0.1) is 5.82 Å². The van der Waals surface area contributed by atoms with Crippen molar-refractivity contribution in [3.05, 3.63) is 34.6 Å². The van der Waals surface area contributed by atoms with E-state index in [1.807, 2.05) is 0 Å². The van der Waals surface area contributed by atoms with E-state index in [1.165, 1.54) is 6.07 Å². The standard InChI is InChI=1S/C16H25ClFN3O2/c1-19-16(20-8-4-10-23-12-11-22-2)21-9-7-13-14(17)5-3-6-15(13)18/h3,5-6H,4,7-12H2,1-2H3,(H2,19,20,21). The molecule has 23 heavy (non-hydrogen) atoms. The number of nitrogens with one attached hydrogen (secondary N) is 2. The van der Waals surface area contributed by atoms with Crippen LogP contribution in [0.4, 0.5) is 4.39 Å². The van der Waals surface area contributed by atoms with Crippen molar-refractivity contribution >= 4 is 17.6 Å². The molecule has 7 heteroatoms. The van der Waals surface area contributed by atoms with Gasteiger partial charge in [0.15, 0.2) is 5.96 Å². The molecule has 2 N–H and O–H groups in total. The Kier molecular flexibility index (Phi) is 10.4. The van der Waals surface area contributed by atoms with E-state index in [2.05, 4.69) is 15.6 Å². The molecule has 0 saturated heterocycles. The van der Waals surface area contributed by atoms with Gasteiger partial charge >= 0.3 is 0 Å². The molecule has 0 unspecified atom stereocenters. The van der Waals surface area contributed by atoms with E-state index in [9.17, 15) is 4.39 Å². The van der Waals surface area contributed by atoms with Gasteiger partial charge in [-0.1, -0.05) is 17.7 Å². The largest absolute Gasteiger partial charge is 0.382 e. The fourth-order valence-electron chi connectivity index (χ4n) is 1.92. The van der Waals surface area contributed by atoms with Gasteiger partial charge in [-0.15, -0.1) is 0 Å². The summed E-state index contributed by atoms with van der Waals surface area (Å²) >= 11 is 6.00. The highest BCUT2D eigenvalue weighted by molar-refractivity contribution is 6.31. The summed E-state index contributed by atoms with van der Waals surface area (Å²) in [4.78, 5) is 4.12. The summed E-state index contributed by atoms with van der Waals surface area (Å²) in [5.74, 6) is 0.393. The van der Waals surface area contributed by atoms with Gasteiger partial charge in [0.25, 0.3) is 0 Å². The molecular weight excluding hydrogens is 321 g/mol. The Bertz CT molecular complexity index is 466. The highest BCUT2D eigenvalue weighted by atomic mass is 35.5. The maximum absolute atomic E-state index is 13.7. The van der Waals surface area contributed by atoms with Crippen molar-refractivity contribution in [3.8, 4) is 0 Å². The second-order valence-corrected chi connectivity index (χ2v) is 5.24. The van der Waals surface area contributed by atoms with Gasteiger partial charge in [-0.2, -0.15) is 0 Å². The third-order valence-corrected chi connectivity index (χ3v) is 3.50. The van der Waals surface area contributed by atoms with Crippen LogP contribution < -0.4 is 10.6 Å². The lowest BCUT2D eigenvalue weighted by Crippen LogP contribution is -2.39. The number of nitrogens with zero attached hydrogens (tertiary/aromatic N) is 1. The molecule has 0 aliphatic rings. The average molecular weight is 346 g/mol. The van der Waals surface area contributed by atoms with Gasteiger partial charge in [0.2, 0.25) is 0 Å². The van der Waals surface area contributed by atoms with E-state index in [0.717, 1.165) is 13.0 Å². The van der Waals surface area contributed by atoms with Crippen LogP contribution in [-0.4, -0.2) is 53.0 Å². The molecule has 0 fully saturated rings. The van der Waals surface area contributed by atoms with E-state index in [1.54, 1.807) is 26.3 Å². The average Bonchev–Trinajstić information content (AvgIpc) is 2.54. The highest BCUT2D eigenvalue weighted by Crippen LogP contribution is 2.18. The molecular formula is C16H25ClFN3O2. The van der Waals surface area contributed by atoms with Gasteiger partial charge in [-0.3, -0.25) is 4.99 Å². The van der Waals surface area contributed by atoms with E-state index < -0.39 is 0 Å². The molecule has 0 bridgehead atoms. The van der Waals surface area contributed by atoms with Crippen LogP contribution in [0.5, 0.6) is 0 Å². The zero-order valence-corrected chi connectivity index (χ0v) is 14.5. The summed E-state index contributed by atoms with van der Waals surface area (Å²) in [6, 6.07) is 4.71. The molecule has 0 amide bonds. The fraction of sp³-hybridized carbons (Fsp3) is 0.562. The van der Waals surface area contributed by atoms with Crippen LogP contribution in [-0.2, 0) is 15.9 Å². The van der Waals surface area contributed by atoms with Crippen molar-refractivity contribution in [1.29, 1.82) is 0 Å². The first-order chi connectivity index (χ1) is 11.2. The minimum Gasteiger partial charge on any atom is -0.382 e. The molecule has 0 radical (unpaired) electrons. The van der Waals surface area contributed by atoms with Gasteiger partial charge in [-0.25, -0.2) is 4.39 Å². The first kappa shape index (κ1) is 19.7. The summed E-state index contributed by atoms with van der Waals surface area (Å²) in [7, 11) is 3.34. The van der Waals surface area contributed by atoms with Gasteiger partial charge in [0.1, 0.15) is 5.82 Å². The van der Waals surface area contributed by atoms with Crippen LogP contribution in [0.25, 0.3) is 0 Å². The second-order valence-electron chi connectivity index (χ2n) is 4.83. The fourth-order valence-corrected chi connectivity index (χ4v) is 2.18. The van der Waals surface area contributed by atoms with E-state index in [4.69, 9.17) is 21.1 Å². The summed E-state index contributed by atoms with van der Waals surface area (Å²) in [6.45, 7) is 3.16. The zero-order chi connectivity index (χ0) is 16.9. The molecule has 0 spiro atoms. The van der Waals surface area contributed by atoms with Crippen molar-refractivity contribution in [1.82, 2.24) is 10.6 Å². The van der Waals surface area contributed by atoms with Crippen LogP contribution >= 0.6 is 11.6 Å². The molecule has 5 nitrogen and oxygen atoms in total. The SMILES string of the molecule is CN=C(NCCCOCCOC)NCCc1c(F)cccc1Cl. The molecule has 1 aromatic rings. The van der Waals surface area contributed by atoms with Gasteiger partial charge < -0.3 is 20.1 Å². The Hall–Kier alpha value is -1.37. The number of guanidine groups is 1.